The highest BCUT2D eigenvalue weighted by atomic mass is 35.5. The number of methoxy groups -OCH3 is 2. The maximum absolute atomic E-state index is 14.8. The van der Waals surface area contributed by atoms with Gasteiger partial charge < -0.3 is 34.6 Å². The largest absolute Gasteiger partial charge is 0.495 e. The summed E-state index contributed by atoms with van der Waals surface area (Å²) in [6.07, 6.45) is 4.93. The van der Waals surface area contributed by atoms with Crippen LogP contribution in [0.3, 0.4) is 0 Å². The van der Waals surface area contributed by atoms with Crippen molar-refractivity contribution >= 4 is 63.2 Å². The number of benzene rings is 3. The molecule has 14 heteroatoms. The highest BCUT2D eigenvalue weighted by molar-refractivity contribution is 6.41. The topological polar surface area (TPSA) is 123 Å². The van der Waals surface area contributed by atoms with E-state index < -0.39 is 11.6 Å². The van der Waals surface area contributed by atoms with Crippen LogP contribution in [0.5, 0.6) is 11.5 Å². The third kappa shape index (κ3) is 8.42. The highest BCUT2D eigenvalue weighted by Crippen LogP contribution is 2.45. The second-order valence-corrected chi connectivity index (χ2v) is 13.5. The van der Waals surface area contributed by atoms with E-state index in [0.29, 0.717) is 53.9 Å². The van der Waals surface area contributed by atoms with Crippen LogP contribution in [0.2, 0.25) is 10.0 Å². The van der Waals surface area contributed by atoms with Crippen LogP contribution in [0.4, 0.5) is 23.0 Å². The molecule has 0 spiro atoms. The van der Waals surface area contributed by atoms with Gasteiger partial charge in [-0.05, 0) is 69.0 Å². The first-order valence-corrected chi connectivity index (χ1v) is 17.8. The first-order valence-electron chi connectivity index (χ1n) is 17.0. The van der Waals surface area contributed by atoms with Crippen LogP contribution in [-0.4, -0.2) is 86.5 Å². The third-order valence-electron chi connectivity index (χ3n) is 8.88. The minimum absolute atomic E-state index is 0.153. The summed E-state index contributed by atoms with van der Waals surface area (Å²) in [6, 6.07) is 18.0. The molecule has 1 aliphatic heterocycles. The smallest absolute Gasteiger partial charge is 0.260 e. The SMILES string of the molecule is COc1cc(OC)c(Cl)c(-c2cc3cnc(Nc4ccc(N5CCOCC5)cc4)nc3n(C(C)c3cccc(NC(=O)/C=C/CN(C)C)c3)c2=O)c1Cl. The molecule has 5 aromatic rings. The van der Waals surface area contributed by atoms with Crippen molar-refractivity contribution in [2.45, 2.75) is 13.0 Å². The van der Waals surface area contributed by atoms with Gasteiger partial charge >= 0.3 is 0 Å². The van der Waals surface area contributed by atoms with Gasteiger partial charge in [0.2, 0.25) is 11.9 Å². The maximum Gasteiger partial charge on any atom is 0.260 e. The van der Waals surface area contributed by atoms with E-state index in [4.69, 9.17) is 42.4 Å². The lowest BCUT2D eigenvalue weighted by Crippen LogP contribution is -2.36. The number of aromatic nitrogens is 3. The lowest BCUT2D eigenvalue weighted by Gasteiger charge is -2.28. The van der Waals surface area contributed by atoms with E-state index in [2.05, 4.69) is 20.5 Å². The first kappa shape index (κ1) is 37.6. The molecule has 1 atom stereocenters. The molecule has 1 aliphatic rings. The molecule has 53 heavy (non-hydrogen) atoms. The van der Waals surface area contributed by atoms with Crippen molar-refractivity contribution in [1.29, 1.82) is 0 Å². The Bertz CT molecular complexity index is 2170. The van der Waals surface area contributed by atoms with Gasteiger partial charge in [0, 0.05) is 66.0 Å². The summed E-state index contributed by atoms with van der Waals surface area (Å²) < 4.78 is 18.1. The van der Waals surface area contributed by atoms with Crippen LogP contribution >= 0.6 is 23.2 Å². The number of fused-ring (bicyclic) bond motifs is 1. The third-order valence-corrected chi connectivity index (χ3v) is 9.63. The Kier molecular flexibility index (Phi) is 11.8. The summed E-state index contributed by atoms with van der Waals surface area (Å²) in [4.78, 5) is 41.2. The molecule has 1 unspecified atom stereocenters. The number of nitrogens with zero attached hydrogens (tertiary/aromatic N) is 5. The van der Waals surface area contributed by atoms with Gasteiger partial charge in [-0.1, -0.05) is 41.4 Å². The number of carbonyl (C=O) groups is 1. The summed E-state index contributed by atoms with van der Waals surface area (Å²) >= 11 is 13.7. The molecule has 2 N–H and O–H groups in total. The lowest BCUT2D eigenvalue weighted by atomic mass is 10.0. The molecule has 3 heterocycles. The van der Waals surface area contributed by atoms with E-state index in [1.165, 1.54) is 20.3 Å². The van der Waals surface area contributed by atoms with Crippen LogP contribution < -0.4 is 30.6 Å². The number of morpholine rings is 1. The van der Waals surface area contributed by atoms with E-state index in [-0.39, 0.29) is 27.1 Å². The maximum atomic E-state index is 14.8. The van der Waals surface area contributed by atoms with Crippen LogP contribution in [-0.2, 0) is 9.53 Å². The Morgan fingerprint density at radius 3 is 2.36 bits per heavy atom. The van der Waals surface area contributed by atoms with Gasteiger partial charge in [0.05, 0.1) is 49.1 Å². The summed E-state index contributed by atoms with van der Waals surface area (Å²) in [5.41, 5.74) is 3.62. The Hall–Kier alpha value is -5.14. The number of nitrogens with one attached hydrogen (secondary N) is 2. The number of hydrogen-bond donors (Lipinski definition) is 2. The summed E-state index contributed by atoms with van der Waals surface area (Å²) in [6.45, 7) is 5.58. The molecule has 12 nitrogen and oxygen atoms in total. The zero-order valence-electron chi connectivity index (χ0n) is 30.2. The van der Waals surface area contributed by atoms with Crippen LogP contribution in [0.1, 0.15) is 18.5 Å². The Balaban J connectivity index is 1.44. The number of halogens is 2. The minimum Gasteiger partial charge on any atom is -0.495 e. The summed E-state index contributed by atoms with van der Waals surface area (Å²) in [5, 5.41) is 7.07. The van der Waals surface area contributed by atoms with Crippen molar-refractivity contribution < 1.29 is 19.0 Å². The number of pyridine rings is 1. The number of anilines is 4. The van der Waals surface area contributed by atoms with Crippen LogP contribution in [0, 0.1) is 0 Å². The van der Waals surface area contributed by atoms with Crippen LogP contribution in [0.15, 0.2) is 83.8 Å². The molecule has 0 aliphatic carbocycles. The van der Waals surface area contributed by atoms with Gasteiger partial charge in [-0.15, -0.1) is 0 Å². The average molecular weight is 759 g/mol. The quantitative estimate of drug-likeness (QED) is 0.128. The molecule has 2 aromatic heterocycles. The summed E-state index contributed by atoms with van der Waals surface area (Å²) in [7, 11) is 6.80. The van der Waals surface area contributed by atoms with E-state index in [1.807, 2.05) is 68.4 Å². The van der Waals surface area contributed by atoms with Crippen molar-refractivity contribution in [2.75, 3.05) is 76.7 Å². The number of carbonyl (C=O) groups excluding carboxylic acids is 1. The molecule has 276 valence electrons. The zero-order valence-corrected chi connectivity index (χ0v) is 31.7. The normalized spacial score (nSPS) is 13.8. The van der Waals surface area contributed by atoms with E-state index >= 15 is 0 Å². The van der Waals surface area contributed by atoms with Crippen LogP contribution in [0.25, 0.3) is 22.2 Å². The van der Waals surface area contributed by atoms with Gasteiger partial charge in [-0.25, -0.2) is 4.98 Å². The van der Waals surface area contributed by atoms with Crippen molar-refractivity contribution in [2.24, 2.45) is 0 Å². The number of likely N-dealkylation sites (N-methyl/N-ethyl adjacent to an activating group) is 1. The van der Waals surface area contributed by atoms with Crippen molar-refractivity contribution in [3.63, 3.8) is 0 Å². The first-order chi connectivity index (χ1) is 25.6. The van der Waals surface area contributed by atoms with Crippen molar-refractivity contribution in [3.05, 3.63) is 105 Å². The summed E-state index contributed by atoms with van der Waals surface area (Å²) in [5.74, 6) is 0.620. The number of hydrogen-bond acceptors (Lipinski definition) is 10. The van der Waals surface area contributed by atoms with Crippen molar-refractivity contribution in [3.8, 4) is 22.6 Å². The zero-order chi connectivity index (χ0) is 37.6. The fourth-order valence-corrected chi connectivity index (χ4v) is 6.83. The molecule has 6 rings (SSSR count). The minimum atomic E-state index is -0.577. The molecule has 1 fully saturated rings. The Morgan fingerprint density at radius 2 is 1.70 bits per heavy atom. The van der Waals surface area contributed by atoms with Gasteiger partial charge in [-0.3, -0.25) is 14.2 Å². The van der Waals surface area contributed by atoms with Gasteiger partial charge in [0.15, 0.2) is 0 Å². The van der Waals surface area contributed by atoms with Gasteiger partial charge in [0.25, 0.3) is 5.56 Å². The Labute approximate surface area is 317 Å². The predicted molar refractivity (Wildman–Crippen MR) is 212 cm³/mol. The molecule has 1 saturated heterocycles. The fraction of sp³-hybridized carbons (Fsp3) is 0.282. The van der Waals surface area contributed by atoms with E-state index in [1.54, 1.807) is 35.0 Å². The molecule has 0 bridgehead atoms. The van der Waals surface area contributed by atoms with Crippen molar-refractivity contribution in [1.82, 2.24) is 19.4 Å². The molecule has 3 aromatic carbocycles. The highest BCUT2D eigenvalue weighted by Gasteiger charge is 2.25. The molecule has 0 saturated carbocycles. The van der Waals surface area contributed by atoms with E-state index in [9.17, 15) is 9.59 Å². The fourth-order valence-electron chi connectivity index (χ4n) is 6.13. The van der Waals surface area contributed by atoms with E-state index in [0.717, 1.165) is 30.0 Å². The standard InChI is InChI=1S/C39H41Cl2N7O5/c1-24(25-8-6-9-28(20-25)43-33(49)10-7-15-46(2)3)48-37-26(21-30(38(48)50)34-35(40)31(51-4)22-32(52-5)36(34)41)23-42-39(45-37)44-27-11-13-29(14-12-27)47-16-18-53-19-17-47/h6-14,20-24H,15-19H2,1-5H3,(H,43,49)(H,42,44,45)/b10-7+. The molecule has 0 radical (unpaired) electrons. The Morgan fingerprint density at radius 1 is 1.00 bits per heavy atom. The van der Waals surface area contributed by atoms with Gasteiger partial charge in [-0.2, -0.15) is 4.98 Å². The second kappa shape index (κ2) is 16.7. The molecule has 1 amide bonds. The monoisotopic (exact) mass is 757 g/mol. The second-order valence-electron chi connectivity index (χ2n) is 12.7. The average Bonchev–Trinajstić information content (AvgIpc) is 3.15. The van der Waals surface area contributed by atoms with Gasteiger partial charge in [0.1, 0.15) is 17.1 Å². The lowest BCUT2D eigenvalue weighted by molar-refractivity contribution is -0.111. The molecular weight excluding hydrogens is 717 g/mol. The number of rotatable bonds is 12. The number of amides is 1. The number of ether oxygens (including phenoxy) is 3. The molecular formula is C39H41Cl2N7O5. The predicted octanol–water partition coefficient (Wildman–Crippen LogP) is 7.03.